The first kappa shape index (κ1) is 9.09. The van der Waals surface area contributed by atoms with Crippen LogP contribution in [0.15, 0.2) is 24.3 Å². The van der Waals surface area contributed by atoms with Gasteiger partial charge in [0.15, 0.2) is 0 Å². The van der Waals surface area contributed by atoms with Crippen LogP contribution >= 0.6 is 0 Å². The zero-order chi connectivity index (χ0) is 10.1. The Morgan fingerprint density at radius 2 is 2.21 bits per heavy atom. The summed E-state index contributed by atoms with van der Waals surface area (Å²) < 4.78 is 2.12. The van der Waals surface area contributed by atoms with Crippen molar-refractivity contribution in [1.82, 2.24) is 4.57 Å². The molecule has 14 heavy (non-hydrogen) atoms. The maximum atomic E-state index is 9.63. The minimum atomic E-state index is 0.335. The van der Waals surface area contributed by atoms with Crippen LogP contribution in [0, 0.1) is 6.92 Å². The molecule has 0 amide bonds. The maximum Gasteiger partial charge on any atom is 0.124 e. The first-order valence-corrected chi connectivity index (χ1v) is 4.72. The molecule has 0 bridgehead atoms. The number of nitrogens with zero attached hydrogens (tertiary/aromatic N) is 1. The quantitative estimate of drug-likeness (QED) is 0.756. The van der Waals surface area contributed by atoms with Crippen LogP contribution in [0.5, 0.6) is 5.75 Å². The molecule has 0 fully saturated rings. The second-order valence-electron chi connectivity index (χ2n) is 3.44. The predicted octanol–water partition coefficient (Wildman–Crippen LogP) is 1.61. The number of hydrogen-bond donors (Lipinski definition) is 2. The van der Waals surface area contributed by atoms with E-state index in [1.807, 2.05) is 25.1 Å². The smallest absolute Gasteiger partial charge is 0.124 e. The minimum absolute atomic E-state index is 0.335. The van der Waals surface area contributed by atoms with E-state index in [0.717, 1.165) is 23.1 Å². The van der Waals surface area contributed by atoms with Gasteiger partial charge in [-0.3, -0.25) is 0 Å². The lowest BCUT2D eigenvalue weighted by molar-refractivity contribution is 0.481. The number of fused-ring (bicyclic) bond motifs is 1. The zero-order valence-corrected chi connectivity index (χ0v) is 8.20. The first-order valence-electron chi connectivity index (χ1n) is 4.72. The topological polar surface area (TPSA) is 51.2 Å². The number of phenolic OH excluding ortho intramolecular Hbond substituents is 1. The molecule has 0 saturated heterocycles. The van der Waals surface area contributed by atoms with E-state index >= 15 is 0 Å². The van der Waals surface area contributed by atoms with E-state index in [2.05, 4.69) is 4.57 Å². The van der Waals surface area contributed by atoms with Gasteiger partial charge in [-0.25, -0.2) is 0 Å². The highest BCUT2D eigenvalue weighted by Gasteiger charge is 2.06. The van der Waals surface area contributed by atoms with Gasteiger partial charge in [-0.05, 0) is 25.1 Å². The molecule has 0 radical (unpaired) electrons. The average Bonchev–Trinajstić information content (AvgIpc) is 2.47. The fourth-order valence-electron chi connectivity index (χ4n) is 1.83. The number of nitrogens with two attached hydrogens (primary N) is 1. The molecule has 0 aliphatic carbocycles. The third kappa shape index (κ3) is 1.26. The van der Waals surface area contributed by atoms with Gasteiger partial charge in [0, 0.05) is 24.2 Å². The second-order valence-corrected chi connectivity index (χ2v) is 3.44. The maximum absolute atomic E-state index is 9.63. The van der Waals surface area contributed by atoms with E-state index in [-0.39, 0.29) is 0 Å². The normalized spacial score (nSPS) is 11.0. The van der Waals surface area contributed by atoms with E-state index in [1.54, 1.807) is 6.07 Å². The Labute approximate surface area is 82.8 Å². The molecule has 3 heteroatoms. The molecule has 0 aliphatic heterocycles. The van der Waals surface area contributed by atoms with Gasteiger partial charge in [0.25, 0.3) is 0 Å². The molecule has 1 heterocycles. The first-order chi connectivity index (χ1) is 6.74. The van der Waals surface area contributed by atoms with Crippen LogP contribution in [-0.2, 0) is 6.54 Å². The van der Waals surface area contributed by atoms with Gasteiger partial charge in [-0.2, -0.15) is 0 Å². The molecule has 3 nitrogen and oxygen atoms in total. The number of aromatic hydroxyl groups is 1. The summed E-state index contributed by atoms with van der Waals surface area (Å²) in [5.74, 6) is 0.335. The number of aromatic nitrogens is 1. The molecule has 2 rings (SSSR count). The Hall–Kier alpha value is -1.48. The number of phenols is 1. The van der Waals surface area contributed by atoms with Crippen molar-refractivity contribution >= 4 is 10.9 Å². The molecule has 0 saturated carbocycles. The minimum Gasteiger partial charge on any atom is -0.507 e. The Kier molecular flexibility index (Phi) is 2.17. The lowest BCUT2D eigenvalue weighted by Crippen LogP contribution is -2.10. The van der Waals surface area contributed by atoms with E-state index in [0.29, 0.717) is 12.3 Å². The summed E-state index contributed by atoms with van der Waals surface area (Å²) in [6, 6.07) is 7.54. The second kappa shape index (κ2) is 3.35. The molecule has 0 aliphatic rings. The lowest BCUT2D eigenvalue weighted by atomic mass is 10.2. The third-order valence-electron chi connectivity index (χ3n) is 2.48. The molecule has 0 unspecified atom stereocenters. The predicted molar refractivity (Wildman–Crippen MR) is 57.4 cm³/mol. The molecule has 1 aromatic carbocycles. The summed E-state index contributed by atoms with van der Waals surface area (Å²) >= 11 is 0. The highest BCUT2D eigenvalue weighted by Crippen LogP contribution is 2.27. The van der Waals surface area contributed by atoms with Crippen LogP contribution in [0.1, 0.15) is 5.69 Å². The summed E-state index contributed by atoms with van der Waals surface area (Å²) in [4.78, 5) is 0. The fraction of sp³-hybridized carbons (Fsp3) is 0.273. The molecular weight excluding hydrogens is 176 g/mol. The van der Waals surface area contributed by atoms with E-state index in [1.165, 1.54) is 0 Å². The third-order valence-corrected chi connectivity index (χ3v) is 2.48. The highest BCUT2D eigenvalue weighted by atomic mass is 16.3. The van der Waals surface area contributed by atoms with Gasteiger partial charge >= 0.3 is 0 Å². The van der Waals surface area contributed by atoms with Crippen LogP contribution in [0.25, 0.3) is 10.9 Å². The Balaban J connectivity index is 2.70. The van der Waals surface area contributed by atoms with Crippen molar-refractivity contribution < 1.29 is 5.11 Å². The van der Waals surface area contributed by atoms with Crippen molar-refractivity contribution in [1.29, 1.82) is 0 Å². The van der Waals surface area contributed by atoms with Gasteiger partial charge in [-0.15, -0.1) is 0 Å². The van der Waals surface area contributed by atoms with Gasteiger partial charge < -0.3 is 15.4 Å². The van der Waals surface area contributed by atoms with Crippen molar-refractivity contribution in [3.05, 3.63) is 30.0 Å². The van der Waals surface area contributed by atoms with Crippen molar-refractivity contribution in [2.75, 3.05) is 6.54 Å². The number of rotatable bonds is 2. The Morgan fingerprint density at radius 3 is 2.93 bits per heavy atom. The summed E-state index contributed by atoms with van der Waals surface area (Å²) in [6.07, 6.45) is 0. The standard InChI is InChI=1S/C11H14N2O/c1-8-7-9-10(13(8)6-5-12)3-2-4-11(9)14/h2-4,7,14H,5-6,12H2,1H3. The number of aryl methyl sites for hydroxylation is 1. The van der Waals surface area contributed by atoms with Crippen molar-refractivity contribution in [3.63, 3.8) is 0 Å². The molecule has 0 atom stereocenters. The molecule has 2 aromatic rings. The summed E-state index contributed by atoms with van der Waals surface area (Å²) in [5.41, 5.74) is 7.71. The van der Waals surface area contributed by atoms with Crippen LogP contribution in [0.2, 0.25) is 0 Å². The highest BCUT2D eigenvalue weighted by molar-refractivity contribution is 5.87. The van der Waals surface area contributed by atoms with Crippen molar-refractivity contribution in [2.24, 2.45) is 5.73 Å². The Bertz CT molecular complexity index is 460. The van der Waals surface area contributed by atoms with E-state index in [9.17, 15) is 5.11 Å². The van der Waals surface area contributed by atoms with Gasteiger partial charge in [0.1, 0.15) is 5.75 Å². The molecule has 74 valence electrons. The fourth-order valence-corrected chi connectivity index (χ4v) is 1.83. The van der Waals surface area contributed by atoms with Crippen molar-refractivity contribution in [2.45, 2.75) is 13.5 Å². The van der Waals surface area contributed by atoms with Crippen molar-refractivity contribution in [3.8, 4) is 5.75 Å². The average molecular weight is 190 g/mol. The largest absolute Gasteiger partial charge is 0.507 e. The van der Waals surface area contributed by atoms with Crippen LogP contribution in [-0.4, -0.2) is 16.2 Å². The van der Waals surface area contributed by atoms with Crippen LogP contribution < -0.4 is 5.73 Å². The zero-order valence-electron chi connectivity index (χ0n) is 8.20. The SMILES string of the molecule is Cc1cc2c(O)cccc2n1CCN. The molecule has 1 aromatic heterocycles. The summed E-state index contributed by atoms with van der Waals surface area (Å²) in [5, 5.41) is 10.5. The monoisotopic (exact) mass is 190 g/mol. The van der Waals surface area contributed by atoms with Gasteiger partial charge in [-0.1, -0.05) is 6.07 Å². The van der Waals surface area contributed by atoms with Gasteiger partial charge in [0.05, 0.1) is 5.52 Å². The number of benzene rings is 1. The van der Waals surface area contributed by atoms with Crippen LogP contribution in [0.4, 0.5) is 0 Å². The molecular formula is C11H14N2O. The lowest BCUT2D eigenvalue weighted by Gasteiger charge is -2.05. The Morgan fingerprint density at radius 1 is 1.43 bits per heavy atom. The van der Waals surface area contributed by atoms with Gasteiger partial charge in [0.2, 0.25) is 0 Å². The summed E-state index contributed by atoms with van der Waals surface area (Å²) in [7, 11) is 0. The molecule has 3 N–H and O–H groups in total. The summed E-state index contributed by atoms with van der Waals surface area (Å²) in [6.45, 7) is 3.42. The van der Waals surface area contributed by atoms with Crippen LogP contribution in [0.3, 0.4) is 0 Å². The van der Waals surface area contributed by atoms with E-state index < -0.39 is 0 Å². The molecule has 0 spiro atoms. The van der Waals surface area contributed by atoms with E-state index in [4.69, 9.17) is 5.73 Å². The number of hydrogen-bond acceptors (Lipinski definition) is 2.